The predicted octanol–water partition coefficient (Wildman–Crippen LogP) is -3.73. The zero-order valence-electron chi connectivity index (χ0n) is 39.3. The van der Waals surface area contributed by atoms with Crippen LogP contribution in [0.1, 0.15) is 63.0 Å². The zero-order chi connectivity index (χ0) is 52.6. The third-order valence-electron chi connectivity index (χ3n) is 11.0. The van der Waals surface area contributed by atoms with Crippen molar-refractivity contribution < 1.29 is 53.1 Å². The Morgan fingerprint density at radius 3 is 1.86 bits per heavy atom. The van der Waals surface area contributed by atoms with Crippen molar-refractivity contribution in [3.8, 4) is 5.75 Å². The van der Waals surface area contributed by atoms with Crippen molar-refractivity contribution >= 4 is 90.3 Å². The van der Waals surface area contributed by atoms with Crippen LogP contribution in [0.3, 0.4) is 0 Å². The van der Waals surface area contributed by atoms with Gasteiger partial charge in [-0.05, 0) is 68.0 Å². The number of nitrogens with one attached hydrogen (secondary N) is 7. The van der Waals surface area contributed by atoms with E-state index in [9.17, 15) is 53.1 Å². The molecule has 7 atom stereocenters. The molecule has 1 aliphatic heterocycles. The number of thiol groups is 2. The molecule has 0 bridgehead atoms. The Morgan fingerprint density at radius 1 is 0.676 bits per heavy atom. The summed E-state index contributed by atoms with van der Waals surface area (Å²) in [6.07, 6.45) is 0.124. The van der Waals surface area contributed by atoms with Gasteiger partial charge in [-0.2, -0.15) is 25.3 Å². The van der Waals surface area contributed by atoms with Crippen LogP contribution < -0.4 is 60.2 Å². The van der Waals surface area contributed by atoms with Gasteiger partial charge in [-0.1, -0.05) is 42.5 Å². The number of likely N-dealkylation sites (tertiary alicyclic amines) is 1. The van der Waals surface area contributed by atoms with Crippen LogP contribution in [-0.4, -0.2) is 148 Å². The number of guanidine groups is 1. The number of nitrogens with two attached hydrogens (primary N) is 4. The van der Waals surface area contributed by atoms with E-state index >= 15 is 0 Å². The lowest BCUT2D eigenvalue weighted by atomic mass is 10.0. The second kappa shape index (κ2) is 29.8. The Morgan fingerprint density at radius 2 is 1.25 bits per heavy atom. The molecule has 2 aromatic carbocycles. The van der Waals surface area contributed by atoms with E-state index in [1.807, 2.05) is 0 Å². The summed E-state index contributed by atoms with van der Waals surface area (Å²) in [5, 5.41) is 27.7. The van der Waals surface area contributed by atoms with Gasteiger partial charge < -0.3 is 70.2 Å². The molecular formula is C45H65N13O11S2. The van der Waals surface area contributed by atoms with Crippen LogP contribution in [0.15, 0.2) is 59.6 Å². The van der Waals surface area contributed by atoms with Crippen LogP contribution >= 0.6 is 25.3 Å². The van der Waals surface area contributed by atoms with E-state index in [-0.39, 0.29) is 87.7 Å². The number of hydrogen-bond donors (Lipinski definition) is 14. The summed E-state index contributed by atoms with van der Waals surface area (Å²) >= 11 is 8.37. The van der Waals surface area contributed by atoms with Gasteiger partial charge in [0.1, 0.15) is 48.0 Å². The normalized spacial score (nSPS) is 15.5. The van der Waals surface area contributed by atoms with Gasteiger partial charge in [0.2, 0.25) is 59.1 Å². The van der Waals surface area contributed by atoms with Crippen LogP contribution in [0.25, 0.3) is 0 Å². The first-order chi connectivity index (χ1) is 33.7. The zero-order valence-corrected chi connectivity index (χ0v) is 41.1. The molecule has 24 nitrogen and oxygen atoms in total. The van der Waals surface area contributed by atoms with Gasteiger partial charge >= 0.3 is 0 Å². The number of aromatic hydroxyl groups is 1. The number of phenolic OH excluding ortho intramolecular Hbond substituents is 1. The Bertz CT molecular complexity index is 2220. The molecule has 16 N–H and O–H groups in total. The van der Waals surface area contributed by atoms with Gasteiger partial charge in [-0.3, -0.25) is 52.9 Å². The monoisotopic (exact) mass is 1030 g/mol. The van der Waals surface area contributed by atoms with Crippen molar-refractivity contribution in [3.63, 3.8) is 0 Å². The minimum atomic E-state index is -1.48. The number of benzene rings is 2. The van der Waals surface area contributed by atoms with E-state index < -0.39 is 108 Å². The molecular weight excluding hydrogens is 963 g/mol. The summed E-state index contributed by atoms with van der Waals surface area (Å²) in [5.41, 5.74) is 22.6. The van der Waals surface area contributed by atoms with Crippen LogP contribution in [0.2, 0.25) is 0 Å². The second-order valence-electron chi connectivity index (χ2n) is 16.6. The summed E-state index contributed by atoms with van der Waals surface area (Å²) < 4.78 is 0. The highest BCUT2D eigenvalue weighted by Gasteiger charge is 2.39. The molecule has 0 aliphatic carbocycles. The molecule has 1 saturated heterocycles. The Balaban J connectivity index is 1.77. The van der Waals surface area contributed by atoms with Crippen LogP contribution in [-0.2, 0) is 60.8 Å². The van der Waals surface area contributed by atoms with Gasteiger partial charge in [-0.15, -0.1) is 0 Å². The molecule has 3 rings (SSSR count). The van der Waals surface area contributed by atoms with Crippen LogP contribution in [0, 0.1) is 0 Å². The van der Waals surface area contributed by atoms with Gasteiger partial charge in [0.05, 0.1) is 6.54 Å². The SMILES string of the molecule is C[C@H](NC(=O)[C@H](Cc1ccccc1)NC(=O)[C@H](Cc1ccc(O)cc1)NC(=O)CCS)C(=O)N[C@@H](CCC(N)=O)C(=O)N[C@@H](CS)C(=O)N1CCC[C@H]1C(=O)N[C@H](CCCN=C(N)N)C(=O)NCC(N)=O. The molecule has 0 saturated carbocycles. The molecule has 2 aromatic rings. The molecule has 10 amide bonds. The minimum Gasteiger partial charge on any atom is -0.508 e. The highest BCUT2D eigenvalue weighted by Crippen LogP contribution is 2.20. The standard InChI is InChI=1S/C45H65N13O11S2/c1-25(52-41(66)32(21-26-7-3-2-4-8-26)56-42(67)31(53-37(62)17-20-70)22-27-11-13-28(59)14-12-27)38(63)54-30(15-16-35(46)60)40(65)57-33(24-71)44(69)58-19-6-10-34(58)43(68)55-29(9-5-18-50-45(48)49)39(64)51-23-36(47)61/h2-4,7-8,11-14,25,29-34,59,70-71H,5-6,9-10,15-24H2,1H3,(H2,46,60)(H2,47,61)(H,51,64)(H,52,66)(H,53,62)(H,54,63)(H,55,68)(H,56,67)(H,57,65)(H4,48,49,50)/t25-,29+,30-,31-,32-,33-,34-/m0/s1. The quantitative estimate of drug-likeness (QED) is 0.0162. The summed E-state index contributed by atoms with van der Waals surface area (Å²) in [6.45, 7) is 1.04. The number of rotatable bonds is 29. The van der Waals surface area contributed by atoms with Crippen molar-refractivity contribution in [3.05, 3.63) is 65.7 Å². The number of aliphatic imine (C=N–C) groups is 1. The fourth-order valence-corrected chi connectivity index (χ4v) is 7.76. The fraction of sp³-hybridized carbons (Fsp3) is 0.489. The molecule has 0 unspecified atom stereocenters. The highest BCUT2D eigenvalue weighted by atomic mass is 32.1. The Kier molecular flexibility index (Phi) is 24.5. The van der Waals surface area contributed by atoms with Gasteiger partial charge in [0, 0.05) is 44.5 Å². The second-order valence-corrected chi connectivity index (χ2v) is 17.5. The van der Waals surface area contributed by atoms with Crippen molar-refractivity contribution in [2.24, 2.45) is 27.9 Å². The average molecular weight is 1030 g/mol. The number of primary amides is 2. The molecule has 0 radical (unpaired) electrons. The van der Waals surface area contributed by atoms with E-state index in [4.69, 9.17) is 22.9 Å². The van der Waals surface area contributed by atoms with E-state index in [0.717, 1.165) is 0 Å². The van der Waals surface area contributed by atoms with E-state index in [1.165, 1.54) is 24.0 Å². The smallest absolute Gasteiger partial charge is 0.246 e. The van der Waals surface area contributed by atoms with E-state index in [2.05, 4.69) is 67.5 Å². The summed E-state index contributed by atoms with van der Waals surface area (Å²) in [6, 6.07) is 5.76. The first-order valence-electron chi connectivity index (χ1n) is 22.8. The van der Waals surface area contributed by atoms with Crippen molar-refractivity contribution in [2.75, 3.05) is 31.1 Å². The van der Waals surface area contributed by atoms with E-state index in [0.29, 0.717) is 17.5 Å². The molecule has 388 valence electrons. The number of carbonyl (C=O) groups is 10. The highest BCUT2D eigenvalue weighted by molar-refractivity contribution is 7.80. The van der Waals surface area contributed by atoms with Gasteiger partial charge in [-0.25, -0.2) is 0 Å². The number of amides is 10. The van der Waals surface area contributed by atoms with Crippen LogP contribution in [0.5, 0.6) is 5.75 Å². The first kappa shape index (κ1) is 58.2. The first-order valence-corrected chi connectivity index (χ1v) is 24.0. The van der Waals surface area contributed by atoms with Gasteiger partial charge in [0.25, 0.3) is 0 Å². The maximum absolute atomic E-state index is 14.0. The average Bonchev–Trinajstić information content (AvgIpc) is 3.83. The Hall–Kier alpha value is -7.09. The largest absolute Gasteiger partial charge is 0.508 e. The van der Waals surface area contributed by atoms with E-state index in [1.54, 1.807) is 42.5 Å². The molecule has 0 aromatic heterocycles. The lowest BCUT2D eigenvalue weighted by Gasteiger charge is -2.30. The topological polar surface area (TPSA) is 395 Å². The molecule has 26 heteroatoms. The molecule has 1 fully saturated rings. The number of phenols is 1. The van der Waals surface area contributed by atoms with Crippen molar-refractivity contribution in [1.29, 1.82) is 0 Å². The molecule has 71 heavy (non-hydrogen) atoms. The third-order valence-corrected chi connectivity index (χ3v) is 11.6. The summed E-state index contributed by atoms with van der Waals surface area (Å²) in [5.74, 6) is -7.82. The van der Waals surface area contributed by atoms with Gasteiger partial charge in [0.15, 0.2) is 5.96 Å². The summed E-state index contributed by atoms with van der Waals surface area (Å²) in [4.78, 5) is 137. The number of carbonyl (C=O) groups excluding carboxylic acids is 10. The maximum Gasteiger partial charge on any atom is 0.246 e. The van der Waals surface area contributed by atoms with Crippen molar-refractivity contribution in [1.82, 2.24) is 42.1 Å². The lowest BCUT2D eigenvalue weighted by molar-refractivity contribution is -0.142. The third kappa shape index (κ3) is 20.4. The maximum atomic E-state index is 14.0. The number of nitrogens with zero attached hydrogens (tertiary/aromatic N) is 2. The molecule has 1 heterocycles. The van der Waals surface area contributed by atoms with Crippen LogP contribution in [0.4, 0.5) is 0 Å². The Labute approximate surface area is 421 Å². The lowest BCUT2D eigenvalue weighted by Crippen LogP contribution is -2.60. The predicted molar refractivity (Wildman–Crippen MR) is 267 cm³/mol. The molecule has 0 spiro atoms. The minimum absolute atomic E-state index is 0.00116. The molecule has 1 aliphatic rings. The summed E-state index contributed by atoms with van der Waals surface area (Å²) in [7, 11) is 0. The fourth-order valence-electron chi connectivity index (χ4n) is 7.31. The van der Waals surface area contributed by atoms with Crippen molar-refractivity contribution in [2.45, 2.75) is 107 Å². The number of hydrogen-bond acceptors (Lipinski definition) is 14.